The van der Waals surface area contributed by atoms with Crippen LogP contribution < -0.4 is 14.3 Å². The lowest BCUT2D eigenvalue weighted by Gasteiger charge is -2.09. The molecule has 24 heavy (non-hydrogen) atoms. The highest BCUT2D eigenvalue weighted by molar-refractivity contribution is 7.98. The molecule has 1 aromatic heterocycles. The number of unbranched alkanes of at least 4 members (excludes halogenated alkanes) is 1. The van der Waals surface area contributed by atoms with Gasteiger partial charge in [-0.15, -0.1) is 0 Å². The number of methoxy groups -OCH3 is 2. The van der Waals surface area contributed by atoms with Gasteiger partial charge in [-0.25, -0.2) is 0 Å². The van der Waals surface area contributed by atoms with Gasteiger partial charge in [0.1, 0.15) is 0 Å². The number of amides is 1. The molecule has 0 saturated carbocycles. The highest BCUT2D eigenvalue weighted by Crippen LogP contribution is 2.33. The SMILES string of the molecule is CCCCC(=O)N=c1sc2cc(OC)c(OC)cc2n1CCSC. The molecule has 0 unspecified atom stereocenters. The van der Waals surface area contributed by atoms with Crippen molar-refractivity contribution in [3.05, 3.63) is 16.9 Å². The molecule has 1 aromatic carbocycles. The molecule has 0 aliphatic rings. The largest absolute Gasteiger partial charge is 0.493 e. The van der Waals surface area contributed by atoms with Crippen molar-refractivity contribution in [3.63, 3.8) is 0 Å². The topological polar surface area (TPSA) is 52.8 Å². The predicted octanol–water partition coefficient (Wildman–Crippen LogP) is 3.70. The van der Waals surface area contributed by atoms with E-state index in [-0.39, 0.29) is 5.91 Å². The summed E-state index contributed by atoms with van der Waals surface area (Å²) >= 11 is 3.28. The third-order valence-corrected chi connectivity index (χ3v) is 5.30. The number of aromatic nitrogens is 1. The number of aryl methyl sites for hydroxylation is 1. The van der Waals surface area contributed by atoms with Crippen LogP contribution in [0.15, 0.2) is 17.1 Å². The van der Waals surface area contributed by atoms with Gasteiger partial charge in [-0.2, -0.15) is 16.8 Å². The van der Waals surface area contributed by atoms with Crippen molar-refractivity contribution < 1.29 is 14.3 Å². The van der Waals surface area contributed by atoms with E-state index >= 15 is 0 Å². The average Bonchev–Trinajstić information content (AvgIpc) is 2.92. The molecule has 0 saturated heterocycles. The van der Waals surface area contributed by atoms with Crippen molar-refractivity contribution in [1.82, 2.24) is 4.57 Å². The Morgan fingerprint density at radius 3 is 2.62 bits per heavy atom. The lowest BCUT2D eigenvalue weighted by molar-refractivity contribution is -0.118. The van der Waals surface area contributed by atoms with Gasteiger partial charge in [-0.1, -0.05) is 24.7 Å². The average molecular weight is 369 g/mol. The van der Waals surface area contributed by atoms with Crippen LogP contribution in [0.4, 0.5) is 0 Å². The minimum absolute atomic E-state index is 0.0553. The zero-order chi connectivity index (χ0) is 17.5. The van der Waals surface area contributed by atoms with Gasteiger partial charge < -0.3 is 14.0 Å². The number of ether oxygens (including phenoxy) is 2. The number of rotatable bonds is 8. The van der Waals surface area contributed by atoms with Crippen LogP contribution >= 0.6 is 23.1 Å². The Hall–Kier alpha value is -1.47. The minimum Gasteiger partial charge on any atom is -0.493 e. The van der Waals surface area contributed by atoms with E-state index in [2.05, 4.69) is 22.7 Å². The molecule has 0 radical (unpaired) electrons. The van der Waals surface area contributed by atoms with Crippen LogP contribution in [0.25, 0.3) is 10.2 Å². The summed E-state index contributed by atoms with van der Waals surface area (Å²) < 4.78 is 13.9. The number of thiazole rings is 1. The van der Waals surface area contributed by atoms with Crippen molar-refractivity contribution in [2.75, 3.05) is 26.2 Å². The maximum absolute atomic E-state index is 12.1. The van der Waals surface area contributed by atoms with E-state index in [9.17, 15) is 4.79 Å². The lowest BCUT2D eigenvalue weighted by Crippen LogP contribution is -2.18. The standard InChI is InChI=1S/C17H24N2O3S2/c1-5-6-7-16(20)18-17-19(8-9-23-4)12-10-13(21-2)14(22-3)11-15(12)24-17/h10-11H,5-9H2,1-4H3. The number of thioether (sulfide) groups is 1. The first kappa shape index (κ1) is 18.9. The number of benzene rings is 1. The second-order valence-corrected chi connectivity index (χ2v) is 7.31. The van der Waals surface area contributed by atoms with Crippen LogP contribution in [-0.4, -0.2) is 36.7 Å². The van der Waals surface area contributed by atoms with Crippen LogP contribution in [0.3, 0.4) is 0 Å². The first-order valence-corrected chi connectivity index (χ1v) is 10.2. The van der Waals surface area contributed by atoms with Crippen molar-refractivity contribution in [2.45, 2.75) is 32.7 Å². The number of nitrogens with zero attached hydrogens (tertiary/aromatic N) is 2. The van der Waals surface area contributed by atoms with Gasteiger partial charge in [0.05, 0.1) is 24.4 Å². The van der Waals surface area contributed by atoms with E-state index in [0.29, 0.717) is 17.9 Å². The summed E-state index contributed by atoms with van der Waals surface area (Å²) in [5.41, 5.74) is 1.02. The van der Waals surface area contributed by atoms with Crippen molar-refractivity contribution in [1.29, 1.82) is 0 Å². The first-order chi connectivity index (χ1) is 11.6. The smallest absolute Gasteiger partial charge is 0.248 e. The molecule has 0 aliphatic carbocycles. The fourth-order valence-corrected chi connectivity index (χ4v) is 3.82. The fraction of sp³-hybridized carbons (Fsp3) is 0.529. The van der Waals surface area contributed by atoms with E-state index in [1.54, 1.807) is 26.0 Å². The number of carbonyl (C=O) groups excluding carboxylic acids is 1. The molecule has 2 rings (SSSR count). The quantitative estimate of drug-likeness (QED) is 0.713. The molecule has 0 atom stereocenters. The van der Waals surface area contributed by atoms with E-state index < -0.39 is 0 Å². The molecule has 0 N–H and O–H groups in total. The Labute approximate surface area is 150 Å². The van der Waals surface area contributed by atoms with E-state index in [1.165, 1.54) is 11.3 Å². The molecule has 0 spiro atoms. The second-order valence-electron chi connectivity index (χ2n) is 5.31. The third-order valence-electron chi connectivity index (χ3n) is 3.67. The van der Waals surface area contributed by atoms with Crippen molar-refractivity contribution >= 4 is 39.2 Å². The Balaban J connectivity index is 2.56. The molecule has 132 valence electrons. The molecule has 5 nitrogen and oxygen atoms in total. The van der Waals surface area contributed by atoms with Gasteiger partial charge in [-0.05, 0) is 12.7 Å². The molecule has 1 amide bonds. The summed E-state index contributed by atoms with van der Waals surface area (Å²) in [6.45, 7) is 2.88. The zero-order valence-electron chi connectivity index (χ0n) is 14.6. The van der Waals surface area contributed by atoms with Crippen LogP contribution in [0, 0.1) is 0 Å². The fourth-order valence-electron chi connectivity index (χ4n) is 2.37. The Morgan fingerprint density at radius 1 is 1.29 bits per heavy atom. The zero-order valence-corrected chi connectivity index (χ0v) is 16.3. The summed E-state index contributed by atoms with van der Waals surface area (Å²) in [7, 11) is 3.25. The van der Waals surface area contributed by atoms with E-state index in [0.717, 1.165) is 40.2 Å². The third kappa shape index (κ3) is 4.33. The van der Waals surface area contributed by atoms with Crippen molar-refractivity contribution in [2.24, 2.45) is 4.99 Å². The summed E-state index contributed by atoms with van der Waals surface area (Å²) in [6, 6.07) is 3.91. The molecule has 0 fully saturated rings. The summed E-state index contributed by atoms with van der Waals surface area (Å²) in [5.74, 6) is 2.27. The second kappa shape index (κ2) is 9.13. The number of fused-ring (bicyclic) bond motifs is 1. The van der Waals surface area contributed by atoms with Crippen LogP contribution in [0.2, 0.25) is 0 Å². The molecule has 1 heterocycles. The summed E-state index contributed by atoms with van der Waals surface area (Å²) in [5, 5.41) is 0. The molecular weight excluding hydrogens is 344 g/mol. The predicted molar refractivity (Wildman–Crippen MR) is 101 cm³/mol. The number of hydrogen-bond donors (Lipinski definition) is 0. The van der Waals surface area contributed by atoms with Crippen molar-refractivity contribution in [3.8, 4) is 11.5 Å². The lowest BCUT2D eigenvalue weighted by atomic mass is 10.2. The minimum atomic E-state index is -0.0553. The highest BCUT2D eigenvalue weighted by atomic mass is 32.2. The maximum atomic E-state index is 12.1. The Bertz CT molecular complexity index is 765. The molecule has 2 aromatic rings. The Morgan fingerprint density at radius 2 is 2.00 bits per heavy atom. The van der Waals surface area contributed by atoms with Gasteiger partial charge in [-0.3, -0.25) is 4.79 Å². The first-order valence-electron chi connectivity index (χ1n) is 7.96. The molecular formula is C17H24N2O3S2. The monoisotopic (exact) mass is 368 g/mol. The summed E-state index contributed by atoms with van der Waals surface area (Å²) in [6.07, 6.45) is 4.44. The van der Waals surface area contributed by atoms with Gasteiger partial charge >= 0.3 is 0 Å². The molecule has 0 aliphatic heterocycles. The summed E-state index contributed by atoms with van der Waals surface area (Å²) in [4.78, 5) is 17.2. The molecule has 0 bridgehead atoms. The maximum Gasteiger partial charge on any atom is 0.248 e. The Kier molecular flexibility index (Phi) is 7.17. The van der Waals surface area contributed by atoms with Gasteiger partial charge in [0.15, 0.2) is 16.3 Å². The van der Waals surface area contributed by atoms with E-state index in [4.69, 9.17) is 9.47 Å². The highest BCUT2D eigenvalue weighted by Gasteiger charge is 2.13. The number of carbonyl (C=O) groups is 1. The normalized spacial score (nSPS) is 11.9. The van der Waals surface area contributed by atoms with Gasteiger partial charge in [0, 0.05) is 30.9 Å². The van der Waals surface area contributed by atoms with E-state index in [1.807, 2.05) is 12.1 Å². The van der Waals surface area contributed by atoms with Gasteiger partial charge in [0.25, 0.3) is 0 Å². The van der Waals surface area contributed by atoms with Gasteiger partial charge in [0.2, 0.25) is 5.91 Å². The van der Waals surface area contributed by atoms with Crippen LogP contribution in [0.5, 0.6) is 11.5 Å². The molecule has 7 heteroatoms. The number of hydrogen-bond acceptors (Lipinski definition) is 5. The van der Waals surface area contributed by atoms with Crippen LogP contribution in [-0.2, 0) is 11.3 Å². The van der Waals surface area contributed by atoms with Crippen LogP contribution in [0.1, 0.15) is 26.2 Å².